The van der Waals surface area contributed by atoms with E-state index in [1.54, 1.807) is 55.5 Å². The van der Waals surface area contributed by atoms with Crippen molar-refractivity contribution < 1.29 is 27.1 Å². The lowest BCUT2D eigenvalue weighted by molar-refractivity contribution is -0.141. The fraction of sp³-hybridized carbons (Fsp3) is 0.270. The molecule has 0 saturated heterocycles. The smallest absolute Gasteiger partial charge is 0.433 e. The third-order valence-electron chi connectivity index (χ3n) is 7.94. The van der Waals surface area contributed by atoms with Crippen LogP contribution in [0.15, 0.2) is 109 Å². The molecule has 0 radical (unpaired) electrons. The predicted molar refractivity (Wildman–Crippen MR) is 185 cm³/mol. The van der Waals surface area contributed by atoms with Crippen LogP contribution in [0.4, 0.5) is 13.2 Å². The number of allylic oxidation sites excluding steroid dienone is 1. The van der Waals surface area contributed by atoms with E-state index in [0.29, 0.717) is 44.3 Å². The van der Waals surface area contributed by atoms with Crippen molar-refractivity contribution in [2.24, 2.45) is 4.99 Å². The molecule has 1 aliphatic rings. The molecule has 5 aromatic rings. The lowest BCUT2D eigenvalue weighted by atomic mass is 9.92. The molecule has 8 nitrogen and oxygen atoms in total. The summed E-state index contributed by atoms with van der Waals surface area (Å²) in [7, 11) is 0. The number of carbonyl (C=O) groups is 1. The van der Waals surface area contributed by atoms with Gasteiger partial charge in [0.2, 0.25) is 0 Å². The van der Waals surface area contributed by atoms with Crippen LogP contribution in [0, 0.1) is 0 Å². The number of nitrogens with zero attached hydrogens (tertiary/aromatic N) is 4. The number of fused-ring (bicyclic) bond motifs is 1. The Labute approximate surface area is 294 Å². The highest BCUT2D eigenvalue weighted by molar-refractivity contribution is 7.99. The van der Waals surface area contributed by atoms with E-state index in [2.05, 4.69) is 23.8 Å². The average Bonchev–Trinajstić information content (AvgIpc) is 3.66. The Balaban J connectivity index is 1.40. The number of carbonyl (C=O) groups excluding carboxylic acids is 1. The van der Waals surface area contributed by atoms with Gasteiger partial charge in [-0.3, -0.25) is 9.36 Å². The van der Waals surface area contributed by atoms with Crippen molar-refractivity contribution in [3.05, 3.63) is 126 Å². The minimum absolute atomic E-state index is 0.126. The summed E-state index contributed by atoms with van der Waals surface area (Å²) in [6, 6.07) is 19.7. The Hall–Kier alpha value is -4.75. The third-order valence-corrected chi connectivity index (χ3v) is 9.71. The molecule has 1 atom stereocenters. The van der Waals surface area contributed by atoms with Gasteiger partial charge in [0.15, 0.2) is 15.1 Å². The van der Waals surface area contributed by atoms with Crippen molar-refractivity contribution in [1.29, 1.82) is 0 Å². The van der Waals surface area contributed by atoms with Crippen molar-refractivity contribution >= 4 is 35.1 Å². The molecule has 3 aromatic heterocycles. The standard InChI is InChI=1S/C37H33F3N4O4S2/c1-5-10-26-31(34(46)47-6-2)32(24-15-13-22(14-16-24)21(3)4)44-33(45)28(49-36(44)42-26)19-25-17-18-30(48-25)50-35-41-27(23-11-8-7-9-12-23)20-29(43-35)37(38,39)40/h7-9,11-21,32H,5-6,10H2,1-4H3/b28-19+/t32-/m1/s1. The Morgan fingerprint density at radius 3 is 2.46 bits per heavy atom. The summed E-state index contributed by atoms with van der Waals surface area (Å²) in [5.74, 6) is 0.0697. The molecule has 0 unspecified atom stereocenters. The van der Waals surface area contributed by atoms with E-state index in [4.69, 9.17) is 14.1 Å². The molecule has 6 rings (SSSR count). The first-order valence-electron chi connectivity index (χ1n) is 16.1. The monoisotopic (exact) mass is 718 g/mol. The van der Waals surface area contributed by atoms with E-state index < -0.39 is 23.9 Å². The first-order valence-corrected chi connectivity index (χ1v) is 17.7. The van der Waals surface area contributed by atoms with Crippen LogP contribution in [0.3, 0.4) is 0 Å². The second-order valence-corrected chi connectivity index (χ2v) is 13.8. The topological polar surface area (TPSA) is 99.6 Å². The van der Waals surface area contributed by atoms with E-state index in [1.165, 1.54) is 4.57 Å². The largest absolute Gasteiger partial charge is 0.463 e. The van der Waals surface area contributed by atoms with Crippen LogP contribution in [0.25, 0.3) is 17.3 Å². The number of thiazole rings is 1. The van der Waals surface area contributed by atoms with Crippen molar-refractivity contribution in [3.8, 4) is 11.3 Å². The van der Waals surface area contributed by atoms with Crippen LogP contribution < -0.4 is 14.9 Å². The van der Waals surface area contributed by atoms with Crippen molar-refractivity contribution in [2.75, 3.05) is 6.61 Å². The molecule has 0 saturated carbocycles. The first kappa shape index (κ1) is 35.1. The maximum atomic E-state index is 14.1. The summed E-state index contributed by atoms with van der Waals surface area (Å²) in [4.78, 5) is 40.8. The Kier molecular flexibility index (Phi) is 10.3. The number of ether oxygens (including phenoxy) is 1. The number of esters is 1. The van der Waals surface area contributed by atoms with Gasteiger partial charge in [0.25, 0.3) is 5.56 Å². The van der Waals surface area contributed by atoms with Crippen molar-refractivity contribution in [1.82, 2.24) is 14.5 Å². The number of benzene rings is 2. The number of hydrogen-bond acceptors (Lipinski definition) is 9. The van der Waals surface area contributed by atoms with Crippen LogP contribution in [0.1, 0.15) is 75.1 Å². The van der Waals surface area contributed by atoms with E-state index in [-0.39, 0.29) is 28.1 Å². The molecule has 258 valence electrons. The summed E-state index contributed by atoms with van der Waals surface area (Å²) in [6.45, 7) is 8.08. The summed E-state index contributed by atoms with van der Waals surface area (Å²) in [5, 5.41) is 0.0951. The average molecular weight is 719 g/mol. The summed E-state index contributed by atoms with van der Waals surface area (Å²) in [5.41, 5.74) is 1.97. The number of aromatic nitrogens is 3. The maximum Gasteiger partial charge on any atom is 0.433 e. The lowest BCUT2D eigenvalue weighted by Crippen LogP contribution is -2.40. The highest BCUT2D eigenvalue weighted by Gasteiger charge is 2.35. The van der Waals surface area contributed by atoms with Gasteiger partial charge < -0.3 is 9.15 Å². The fourth-order valence-corrected chi connectivity index (χ4v) is 7.30. The lowest BCUT2D eigenvalue weighted by Gasteiger charge is -2.26. The molecule has 13 heteroatoms. The highest BCUT2D eigenvalue weighted by atomic mass is 32.2. The zero-order valence-corrected chi connectivity index (χ0v) is 29.3. The summed E-state index contributed by atoms with van der Waals surface area (Å²) < 4.78 is 54.5. The molecular formula is C37H33F3N4O4S2. The van der Waals surface area contributed by atoms with Gasteiger partial charge in [0.05, 0.1) is 34.1 Å². The summed E-state index contributed by atoms with van der Waals surface area (Å²) >= 11 is 2.00. The Bertz CT molecular complexity index is 2240. The zero-order chi connectivity index (χ0) is 35.6. The molecule has 50 heavy (non-hydrogen) atoms. The molecule has 0 N–H and O–H groups in total. The summed E-state index contributed by atoms with van der Waals surface area (Å²) in [6.07, 6.45) is -1.88. The molecule has 2 aromatic carbocycles. The number of alkyl halides is 3. The third kappa shape index (κ3) is 7.38. The van der Waals surface area contributed by atoms with Crippen molar-refractivity contribution in [3.63, 3.8) is 0 Å². The molecule has 0 fully saturated rings. The maximum absolute atomic E-state index is 14.1. The van der Waals surface area contributed by atoms with Gasteiger partial charge in [0.1, 0.15) is 11.5 Å². The minimum Gasteiger partial charge on any atom is -0.463 e. The molecule has 0 bridgehead atoms. The Morgan fingerprint density at radius 2 is 1.80 bits per heavy atom. The number of halogens is 3. The second kappa shape index (κ2) is 14.6. The van der Waals surface area contributed by atoms with Crippen LogP contribution in [-0.4, -0.2) is 27.1 Å². The van der Waals surface area contributed by atoms with Gasteiger partial charge in [-0.2, -0.15) is 13.2 Å². The molecule has 0 spiro atoms. The normalized spacial score (nSPS) is 15.0. The second-order valence-electron chi connectivity index (χ2n) is 11.8. The van der Waals surface area contributed by atoms with E-state index in [0.717, 1.165) is 46.7 Å². The fourth-order valence-electron chi connectivity index (χ4n) is 5.56. The molecular weight excluding hydrogens is 686 g/mol. The van der Waals surface area contributed by atoms with Gasteiger partial charge in [0, 0.05) is 11.6 Å². The minimum atomic E-state index is -4.68. The van der Waals surface area contributed by atoms with E-state index in [9.17, 15) is 22.8 Å². The van der Waals surface area contributed by atoms with Gasteiger partial charge in [-0.15, -0.1) is 0 Å². The van der Waals surface area contributed by atoms with E-state index in [1.807, 2.05) is 31.2 Å². The van der Waals surface area contributed by atoms with Gasteiger partial charge >= 0.3 is 12.1 Å². The Morgan fingerprint density at radius 1 is 1.06 bits per heavy atom. The highest BCUT2D eigenvalue weighted by Crippen LogP contribution is 2.35. The van der Waals surface area contributed by atoms with E-state index >= 15 is 0 Å². The molecule has 1 aliphatic heterocycles. The zero-order valence-electron chi connectivity index (χ0n) is 27.7. The number of rotatable bonds is 10. The molecule has 4 heterocycles. The van der Waals surface area contributed by atoms with Gasteiger partial charge in [-0.25, -0.2) is 19.8 Å². The number of hydrogen-bond donors (Lipinski definition) is 0. The van der Waals surface area contributed by atoms with Crippen LogP contribution in [0.5, 0.6) is 0 Å². The van der Waals surface area contributed by atoms with Crippen molar-refractivity contribution in [2.45, 2.75) is 68.9 Å². The number of furan rings is 1. The van der Waals surface area contributed by atoms with Crippen LogP contribution >= 0.6 is 23.1 Å². The quantitative estimate of drug-likeness (QED) is 0.107. The molecule has 0 amide bonds. The SMILES string of the molecule is CCCC1=C(C(=O)OCC)[C@@H](c2ccc(C(C)C)cc2)n2c(s/c(=C/c3ccc(Sc4nc(-c5ccccc5)cc(C(F)(F)F)n4)o3)c2=O)=N1. The van der Waals surface area contributed by atoms with Gasteiger partial charge in [-0.05, 0) is 60.4 Å². The van der Waals surface area contributed by atoms with Crippen LogP contribution in [-0.2, 0) is 15.7 Å². The first-order chi connectivity index (χ1) is 24.0. The van der Waals surface area contributed by atoms with Crippen LogP contribution in [0.2, 0.25) is 0 Å². The predicted octanol–water partition coefficient (Wildman–Crippen LogP) is 7.92. The molecule has 0 aliphatic carbocycles. The van der Waals surface area contributed by atoms with Gasteiger partial charge in [-0.1, -0.05) is 93.1 Å².